The van der Waals surface area contributed by atoms with Crippen LogP contribution < -0.4 is 5.73 Å². The van der Waals surface area contributed by atoms with Crippen molar-refractivity contribution in [3.05, 3.63) is 12.2 Å². The van der Waals surface area contributed by atoms with Crippen LogP contribution in [0.2, 0.25) is 0 Å². The molecule has 118 valence electrons. The summed E-state index contributed by atoms with van der Waals surface area (Å²) < 4.78 is 1.96. The third-order valence-electron chi connectivity index (χ3n) is 4.10. The number of thiocarbonyl (C=S) groups is 1. The molecule has 6 nitrogen and oxygen atoms in total. The number of hydrogen-bond acceptors (Lipinski definition) is 5. The van der Waals surface area contributed by atoms with E-state index >= 15 is 0 Å². The quantitative estimate of drug-likeness (QED) is 0.754. The van der Waals surface area contributed by atoms with Gasteiger partial charge in [0.1, 0.15) is 12.2 Å². The van der Waals surface area contributed by atoms with Gasteiger partial charge in [0, 0.05) is 32.7 Å². The lowest BCUT2D eigenvalue weighted by atomic mass is 10.1. The molecule has 0 aliphatic carbocycles. The SMILES string of the molecule is CCCC(C(N)=S)N1CCN(Cc2ncnn2CC)CC1. The monoisotopic (exact) mass is 310 g/mol. The van der Waals surface area contributed by atoms with E-state index in [1.54, 1.807) is 6.33 Å². The van der Waals surface area contributed by atoms with E-state index in [1.165, 1.54) is 0 Å². The maximum absolute atomic E-state index is 5.89. The lowest BCUT2D eigenvalue weighted by molar-refractivity contribution is 0.107. The van der Waals surface area contributed by atoms with Crippen LogP contribution in [0.25, 0.3) is 0 Å². The number of aromatic nitrogens is 3. The molecule has 0 amide bonds. The third-order valence-corrected chi connectivity index (χ3v) is 4.37. The minimum Gasteiger partial charge on any atom is -0.392 e. The van der Waals surface area contributed by atoms with Crippen molar-refractivity contribution in [1.29, 1.82) is 0 Å². The summed E-state index contributed by atoms with van der Waals surface area (Å²) in [7, 11) is 0. The van der Waals surface area contributed by atoms with Crippen LogP contribution in [-0.2, 0) is 13.1 Å². The highest BCUT2D eigenvalue weighted by molar-refractivity contribution is 7.80. The molecule has 0 aromatic carbocycles. The van der Waals surface area contributed by atoms with E-state index in [1.807, 2.05) is 4.68 Å². The van der Waals surface area contributed by atoms with E-state index in [9.17, 15) is 0 Å². The highest BCUT2D eigenvalue weighted by Gasteiger charge is 2.25. The van der Waals surface area contributed by atoms with Gasteiger partial charge in [0.15, 0.2) is 0 Å². The second-order valence-electron chi connectivity index (χ2n) is 5.51. The second-order valence-corrected chi connectivity index (χ2v) is 5.98. The van der Waals surface area contributed by atoms with Crippen LogP contribution in [-0.4, -0.2) is 61.8 Å². The van der Waals surface area contributed by atoms with Crippen LogP contribution in [0.5, 0.6) is 0 Å². The molecule has 1 aromatic rings. The molecule has 1 unspecified atom stereocenters. The molecular formula is C14H26N6S. The first-order chi connectivity index (χ1) is 10.2. The summed E-state index contributed by atoms with van der Waals surface area (Å²) in [6, 6.07) is 0.256. The molecule has 21 heavy (non-hydrogen) atoms. The molecule has 1 atom stereocenters. The Morgan fingerprint density at radius 3 is 2.62 bits per heavy atom. The summed E-state index contributed by atoms with van der Waals surface area (Å²) in [4.78, 5) is 9.83. The van der Waals surface area contributed by atoms with Crippen LogP contribution in [0.4, 0.5) is 0 Å². The molecule has 1 saturated heterocycles. The standard InChI is InChI=1S/C14H26N6S/c1-3-5-12(14(15)21)19-8-6-18(7-9-19)10-13-16-11-17-20(13)4-2/h11-12H,3-10H2,1-2H3,(H2,15,21). The molecule has 1 aliphatic rings. The number of rotatable bonds is 7. The summed E-state index contributed by atoms with van der Waals surface area (Å²) in [5, 5.41) is 4.23. The minimum absolute atomic E-state index is 0.256. The van der Waals surface area contributed by atoms with Crippen molar-refractivity contribution in [2.24, 2.45) is 5.73 Å². The number of hydrogen-bond donors (Lipinski definition) is 1. The van der Waals surface area contributed by atoms with E-state index in [0.717, 1.165) is 57.9 Å². The molecule has 0 radical (unpaired) electrons. The van der Waals surface area contributed by atoms with Crippen LogP contribution in [0.15, 0.2) is 6.33 Å². The van der Waals surface area contributed by atoms with E-state index in [-0.39, 0.29) is 6.04 Å². The first kappa shape index (κ1) is 16.3. The Morgan fingerprint density at radius 1 is 1.33 bits per heavy atom. The fourth-order valence-electron chi connectivity index (χ4n) is 2.89. The zero-order chi connectivity index (χ0) is 15.2. The van der Waals surface area contributed by atoms with Gasteiger partial charge < -0.3 is 5.73 Å². The predicted octanol–water partition coefficient (Wildman–Crippen LogP) is 0.870. The fourth-order valence-corrected chi connectivity index (χ4v) is 3.15. The zero-order valence-electron chi connectivity index (χ0n) is 13.0. The summed E-state index contributed by atoms with van der Waals surface area (Å²) in [6.45, 7) is 10.1. The van der Waals surface area contributed by atoms with Gasteiger partial charge >= 0.3 is 0 Å². The van der Waals surface area contributed by atoms with Crippen LogP contribution >= 0.6 is 12.2 Å². The Morgan fingerprint density at radius 2 is 2.05 bits per heavy atom. The van der Waals surface area contributed by atoms with Crippen LogP contribution in [0, 0.1) is 0 Å². The molecule has 0 saturated carbocycles. The van der Waals surface area contributed by atoms with Gasteiger partial charge in [-0.05, 0) is 13.3 Å². The molecule has 2 N–H and O–H groups in total. The Hall–Kier alpha value is -1.05. The van der Waals surface area contributed by atoms with E-state index in [0.29, 0.717) is 4.99 Å². The van der Waals surface area contributed by atoms with Crippen molar-refractivity contribution >= 4 is 17.2 Å². The van der Waals surface area contributed by atoms with Gasteiger partial charge in [0.2, 0.25) is 0 Å². The smallest absolute Gasteiger partial charge is 0.140 e. The molecule has 7 heteroatoms. The van der Waals surface area contributed by atoms with E-state index < -0.39 is 0 Å². The topological polar surface area (TPSA) is 63.2 Å². The average molecular weight is 310 g/mol. The maximum atomic E-state index is 5.89. The van der Waals surface area contributed by atoms with Crippen molar-refractivity contribution in [1.82, 2.24) is 24.6 Å². The van der Waals surface area contributed by atoms with Crippen molar-refractivity contribution in [2.45, 2.75) is 45.8 Å². The Balaban J connectivity index is 1.86. The van der Waals surface area contributed by atoms with Gasteiger partial charge in [0.05, 0.1) is 17.6 Å². The van der Waals surface area contributed by atoms with Gasteiger partial charge in [-0.15, -0.1) is 0 Å². The predicted molar refractivity (Wildman–Crippen MR) is 88.0 cm³/mol. The van der Waals surface area contributed by atoms with E-state index in [2.05, 4.69) is 33.7 Å². The van der Waals surface area contributed by atoms with Crippen molar-refractivity contribution in [3.63, 3.8) is 0 Å². The molecule has 2 heterocycles. The summed E-state index contributed by atoms with van der Waals surface area (Å²) in [6.07, 6.45) is 3.81. The lowest BCUT2D eigenvalue weighted by Crippen LogP contribution is -2.53. The van der Waals surface area contributed by atoms with Crippen LogP contribution in [0.1, 0.15) is 32.5 Å². The Labute approximate surface area is 132 Å². The molecule has 1 aromatic heterocycles. The van der Waals surface area contributed by atoms with Gasteiger partial charge in [0.25, 0.3) is 0 Å². The van der Waals surface area contributed by atoms with E-state index in [4.69, 9.17) is 18.0 Å². The van der Waals surface area contributed by atoms with Gasteiger partial charge in [-0.1, -0.05) is 25.6 Å². The molecular weight excluding hydrogens is 284 g/mol. The molecule has 2 rings (SSSR count). The number of aryl methyl sites for hydroxylation is 1. The Bertz CT molecular complexity index is 452. The molecule has 1 aliphatic heterocycles. The van der Waals surface area contributed by atoms with Crippen molar-refractivity contribution in [3.8, 4) is 0 Å². The largest absolute Gasteiger partial charge is 0.392 e. The van der Waals surface area contributed by atoms with Crippen LogP contribution in [0.3, 0.4) is 0 Å². The van der Waals surface area contributed by atoms with Gasteiger partial charge in [-0.2, -0.15) is 5.10 Å². The summed E-state index contributed by atoms with van der Waals surface area (Å²) >= 11 is 5.22. The van der Waals surface area contributed by atoms with Crippen molar-refractivity contribution < 1.29 is 0 Å². The fraction of sp³-hybridized carbons (Fsp3) is 0.786. The Kier molecular flexibility index (Phi) is 6.08. The van der Waals surface area contributed by atoms with Gasteiger partial charge in [-0.3, -0.25) is 9.80 Å². The highest BCUT2D eigenvalue weighted by Crippen LogP contribution is 2.13. The number of nitrogens with two attached hydrogens (primary N) is 1. The lowest BCUT2D eigenvalue weighted by Gasteiger charge is -2.38. The minimum atomic E-state index is 0.256. The first-order valence-corrected chi connectivity index (χ1v) is 8.18. The maximum Gasteiger partial charge on any atom is 0.140 e. The summed E-state index contributed by atoms with van der Waals surface area (Å²) in [5.41, 5.74) is 5.89. The first-order valence-electron chi connectivity index (χ1n) is 7.78. The number of piperazine rings is 1. The molecule has 1 fully saturated rings. The van der Waals surface area contributed by atoms with Gasteiger partial charge in [-0.25, -0.2) is 9.67 Å². The molecule has 0 bridgehead atoms. The highest BCUT2D eigenvalue weighted by atomic mass is 32.1. The zero-order valence-corrected chi connectivity index (χ0v) is 13.8. The molecule has 0 spiro atoms. The number of nitrogens with zero attached hydrogens (tertiary/aromatic N) is 5. The average Bonchev–Trinajstić information content (AvgIpc) is 2.92. The second kappa shape index (κ2) is 7.82. The summed E-state index contributed by atoms with van der Waals surface area (Å²) in [5.74, 6) is 1.05. The van der Waals surface area contributed by atoms with Crippen molar-refractivity contribution in [2.75, 3.05) is 26.2 Å². The normalized spacial score (nSPS) is 18.8. The third kappa shape index (κ3) is 4.21.